The first-order valence-electron chi connectivity index (χ1n) is 7.40. The first-order chi connectivity index (χ1) is 12.5. The minimum Gasteiger partial charge on any atom is -1.00 e. The predicted octanol–water partition coefficient (Wildman–Crippen LogP) is -0.824. The molecule has 1 atom stereocenters. The maximum absolute atomic E-state index is 12.6. The number of halogens is 2. The number of pyridine rings is 1. The minimum atomic E-state index is -2.92. The second-order valence-electron chi connectivity index (χ2n) is 5.08. The molecule has 3 rings (SSSR count). The summed E-state index contributed by atoms with van der Waals surface area (Å²) in [4.78, 5) is 11.3. The molecule has 0 aliphatic rings. The van der Waals surface area contributed by atoms with Crippen LogP contribution in [0.3, 0.4) is 0 Å². The van der Waals surface area contributed by atoms with E-state index in [9.17, 15) is 13.0 Å². The number of fused-ring (bicyclic) bond motifs is 1. The summed E-state index contributed by atoms with van der Waals surface area (Å²) in [5.41, 5.74) is 1.38. The number of hydrogen-bond donors (Lipinski definition) is 1. The van der Waals surface area contributed by atoms with Crippen LogP contribution >= 0.6 is 0 Å². The van der Waals surface area contributed by atoms with E-state index in [0.29, 0.717) is 28.2 Å². The molecule has 0 saturated carbocycles. The molecule has 0 aliphatic heterocycles. The molecule has 0 bridgehead atoms. The van der Waals surface area contributed by atoms with E-state index in [1.807, 2.05) is 0 Å². The molecule has 28 heavy (non-hydrogen) atoms. The van der Waals surface area contributed by atoms with Gasteiger partial charge >= 0.3 is 36.2 Å². The van der Waals surface area contributed by atoms with Crippen molar-refractivity contribution in [3.63, 3.8) is 0 Å². The quantitative estimate of drug-likeness (QED) is 0.494. The number of nitrogens with zero attached hydrogens (tertiary/aromatic N) is 2. The van der Waals surface area contributed by atoms with Gasteiger partial charge in [0.15, 0.2) is 16.7 Å². The Morgan fingerprint density at radius 3 is 2.64 bits per heavy atom. The SMILES string of the molecule is COc1ccnc(CS(=O)c2nc3ccc(OC(F)F)cc3[nH]2)c1OC.O.[H-].[Na+]. The van der Waals surface area contributed by atoms with Gasteiger partial charge in [-0.05, 0) is 12.1 Å². The number of rotatable bonds is 7. The fraction of sp³-hybridized carbons (Fsp3) is 0.250. The molecule has 1 aromatic carbocycles. The first kappa shape index (κ1) is 24.2. The Balaban J connectivity index is 0.00000261. The van der Waals surface area contributed by atoms with E-state index in [2.05, 4.69) is 19.7 Å². The number of H-pyrrole nitrogens is 1. The van der Waals surface area contributed by atoms with Gasteiger partial charge in [0.2, 0.25) is 0 Å². The van der Waals surface area contributed by atoms with Crippen LogP contribution in [-0.2, 0) is 16.6 Å². The zero-order valence-corrected chi connectivity index (χ0v) is 18.2. The van der Waals surface area contributed by atoms with Crippen LogP contribution in [0, 0.1) is 0 Å². The number of hydrogen-bond acceptors (Lipinski definition) is 6. The molecule has 0 aliphatic carbocycles. The van der Waals surface area contributed by atoms with Crippen molar-refractivity contribution in [1.82, 2.24) is 15.0 Å². The molecule has 3 N–H and O–H groups in total. The van der Waals surface area contributed by atoms with E-state index >= 15 is 0 Å². The number of imidazole rings is 1. The van der Waals surface area contributed by atoms with E-state index in [1.165, 1.54) is 38.6 Å². The Kier molecular flexibility index (Phi) is 9.24. The molecule has 12 heteroatoms. The van der Waals surface area contributed by atoms with Crippen molar-refractivity contribution in [2.75, 3.05) is 14.2 Å². The molecule has 3 aromatic rings. The Morgan fingerprint density at radius 2 is 2.00 bits per heavy atom. The fourth-order valence-corrected chi connectivity index (χ4v) is 3.41. The van der Waals surface area contributed by atoms with Crippen molar-refractivity contribution in [3.05, 3.63) is 36.2 Å². The average molecular weight is 425 g/mol. The third-order valence-electron chi connectivity index (χ3n) is 3.51. The summed E-state index contributed by atoms with van der Waals surface area (Å²) in [6.45, 7) is -2.92. The predicted molar refractivity (Wildman–Crippen MR) is 94.9 cm³/mol. The van der Waals surface area contributed by atoms with Crippen molar-refractivity contribution < 1.29 is 63.7 Å². The summed E-state index contributed by atoms with van der Waals surface area (Å²) >= 11 is 0. The molecule has 148 valence electrons. The molecule has 0 radical (unpaired) electrons. The molecule has 1 unspecified atom stereocenters. The van der Waals surface area contributed by atoms with Gasteiger partial charge in [-0.3, -0.25) is 9.19 Å². The normalized spacial score (nSPS) is 11.5. The number of aromatic amines is 1. The van der Waals surface area contributed by atoms with Gasteiger partial charge in [0.25, 0.3) is 0 Å². The molecular formula is C16H18F2N3NaO5S. The smallest absolute Gasteiger partial charge is 1.00 e. The molecule has 2 aromatic heterocycles. The van der Waals surface area contributed by atoms with Crippen LogP contribution in [0.5, 0.6) is 17.2 Å². The largest absolute Gasteiger partial charge is 1.00 e. The number of methoxy groups -OCH3 is 2. The van der Waals surface area contributed by atoms with Crippen LogP contribution in [0.2, 0.25) is 0 Å². The van der Waals surface area contributed by atoms with Gasteiger partial charge in [0, 0.05) is 18.3 Å². The van der Waals surface area contributed by atoms with E-state index in [1.54, 1.807) is 6.07 Å². The maximum atomic E-state index is 12.6. The molecule has 8 nitrogen and oxygen atoms in total. The van der Waals surface area contributed by atoms with Gasteiger partial charge in [-0.1, -0.05) is 0 Å². The molecule has 0 fully saturated rings. The Labute approximate surface area is 185 Å². The molecule has 0 amide bonds. The molecule has 2 heterocycles. The number of ether oxygens (including phenoxy) is 3. The van der Waals surface area contributed by atoms with Crippen LogP contribution in [0.1, 0.15) is 7.12 Å². The Hall–Kier alpha value is -1.79. The molecular weight excluding hydrogens is 407 g/mol. The van der Waals surface area contributed by atoms with Gasteiger partial charge in [-0.15, -0.1) is 0 Å². The monoisotopic (exact) mass is 425 g/mol. The summed E-state index contributed by atoms with van der Waals surface area (Å²) < 4.78 is 52.1. The van der Waals surface area contributed by atoms with Crippen LogP contribution < -0.4 is 43.8 Å². The van der Waals surface area contributed by atoms with Crippen molar-refractivity contribution in [3.8, 4) is 17.2 Å². The van der Waals surface area contributed by atoms with E-state index in [4.69, 9.17) is 9.47 Å². The van der Waals surface area contributed by atoms with Gasteiger partial charge < -0.3 is 26.1 Å². The van der Waals surface area contributed by atoms with E-state index in [0.717, 1.165) is 0 Å². The van der Waals surface area contributed by atoms with Crippen molar-refractivity contribution in [2.45, 2.75) is 17.5 Å². The topological polar surface area (TPSA) is 118 Å². The summed E-state index contributed by atoms with van der Waals surface area (Å²) in [6.07, 6.45) is 1.53. The Bertz CT molecular complexity index is 963. The van der Waals surface area contributed by atoms with E-state index < -0.39 is 17.4 Å². The summed E-state index contributed by atoms with van der Waals surface area (Å²) in [6, 6.07) is 5.89. The van der Waals surface area contributed by atoms with Crippen LogP contribution in [0.15, 0.2) is 35.6 Å². The number of benzene rings is 1. The minimum absolute atomic E-state index is 0. The molecule has 0 spiro atoms. The number of aromatic nitrogens is 3. The third kappa shape index (κ3) is 5.39. The third-order valence-corrected chi connectivity index (χ3v) is 4.67. The summed E-state index contributed by atoms with van der Waals surface area (Å²) in [5.74, 6) is 0.908. The fourth-order valence-electron chi connectivity index (χ4n) is 2.40. The van der Waals surface area contributed by atoms with Gasteiger partial charge in [-0.25, -0.2) is 4.98 Å². The maximum Gasteiger partial charge on any atom is 1.00 e. The zero-order valence-electron chi connectivity index (χ0n) is 16.4. The Morgan fingerprint density at radius 1 is 1.25 bits per heavy atom. The first-order valence-corrected chi connectivity index (χ1v) is 8.72. The van der Waals surface area contributed by atoms with Crippen LogP contribution in [0.25, 0.3) is 11.0 Å². The van der Waals surface area contributed by atoms with Gasteiger partial charge in [-0.2, -0.15) is 8.78 Å². The standard InChI is InChI=1S/C16H15F2N3O4S.Na.H2O.H/c1-23-13-5-6-19-12(14(13)24-2)8-26(22)16-20-10-4-3-9(25-15(17)18)7-11(10)21-16;;;/h3-7,15H,8H2,1-2H3,(H,20,21);;1H2;/q;+1;;-1. The number of nitrogens with one attached hydrogen (secondary N) is 1. The van der Waals surface area contributed by atoms with Crippen LogP contribution in [0.4, 0.5) is 8.78 Å². The zero-order chi connectivity index (χ0) is 18.7. The van der Waals surface area contributed by atoms with E-state index in [-0.39, 0.29) is 53.1 Å². The number of alkyl halides is 2. The summed E-state index contributed by atoms with van der Waals surface area (Å²) in [5, 5.41) is 0.195. The van der Waals surface area contributed by atoms with Crippen LogP contribution in [-0.4, -0.2) is 45.5 Å². The van der Waals surface area contributed by atoms with Crippen molar-refractivity contribution >= 4 is 21.8 Å². The van der Waals surface area contributed by atoms with Gasteiger partial charge in [0.1, 0.15) is 5.75 Å². The molecule has 0 saturated heterocycles. The average Bonchev–Trinajstić information content (AvgIpc) is 3.04. The second kappa shape index (κ2) is 10.7. The van der Waals surface area contributed by atoms with Crippen molar-refractivity contribution in [1.29, 1.82) is 0 Å². The summed E-state index contributed by atoms with van der Waals surface area (Å²) in [7, 11) is 1.41. The second-order valence-corrected chi connectivity index (χ2v) is 6.45. The van der Waals surface area contributed by atoms with Crippen molar-refractivity contribution in [2.24, 2.45) is 0 Å². The van der Waals surface area contributed by atoms with Gasteiger partial charge in [0.05, 0.1) is 47.5 Å².